The van der Waals surface area contributed by atoms with Gasteiger partial charge in [0.1, 0.15) is 0 Å². The first-order valence-corrected chi connectivity index (χ1v) is 7.06. The fourth-order valence-electron chi connectivity index (χ4n) is 2.62. The van der Waals surface area contributed by atoms with Crippen molar-refractivity contribution in [3.63, 3.8) is 0 Å². The van der Waals surface area contributed by atoms with Crippen LogP contribution in [-0.4, -0.2) is 46.1 Å². The largest absolute Gasteiger partial charge is 0.394 e. The van der Waals surface area contributed by atoms with Crippen molar-refractivity contribution in [3.05, 3.63) is 22.7 Å². The summed E-state index contributed by atoms with van der Waals surface area (Å²) in [5.41, 5.74) is -0.491. The van der Waals surface area contributed by atoms with Gasteiger partial charge in [0.25, 0.3) is 5.56 Å². The lowest BCUT2D eigenvalue weighted by Gasteiger charge is -2.42. The molecule has 1 aliphatic heterocycles. The Balaban J connectivity index is 2.31. The predicted octanol–water partition coefficient (Wildman–Crippen LogP) is 0.629. The third kappa shape index (κ3) is 3.19. The molecule has 0 bridgehead atoms. The maximum atomic E-state index is 12.4. The predicted molar refractivity (Wildman–Crippen MR) is 77.0 cm³/mol. The third-order valence-electron chi connectivity index (χ3n) is 3.34. The lowest BCUT2D eigenvalue weighted by molar-refractivity contribution is -0.101. The molecule has 1 aromatic heterocycles. The zero-order valence-corrected chi connectivity index (χ0v) is 12.4. The van der Waals surface area contributed by atoms with E-state index in [1.807, 2.05) is 25.7 Å². The Labute approximate surface area is 119 Å². The van der Waals surface area contributed by atoms with Gasteiger partial charge in [0, 0.05) is 32.0 Å². The minimum absolute atomic E-state index is 0.0596. The molecule has 0 radical (unpaired) electrons. The lowest BCUT2D eigenvalue weighted by Crippen LogP contribution is -2.55. The number of aliphatic hydroxyl groups is 1. The Morgan fingerprint density at radius 3 is 2.95 bits per heavy atom. The van der Waals surface area contributed by atoms with E-state index in [9.17, 15) is 9.90 Å². The van der Waals surface area contributed by atoms with E-state index in [2.05, 4.69) is 4.98 Å². The number of nitrogens with zero attached hydrogens (tertiary/aromatic N) is 3. The SMILES string of the molecule is CCCn1ccnc(N2CC(CO)OC(C)(C)C2)c1=O. The smallest absolute Gasteiger partial charge is 0.293 e. The highest BCUT2D eigenvalue weighted by Crippen LogP contribution is 2.23. The van der Waals surface area contributed by atoms with Crippen molar-refractivity contribution in [2.45, 2.75) is 45.4 Å². The van der Waals surface area contributed by atoms with Gasteiger partial charge in [-0.15, -0.1) is 0 Å². The summed E-state index contributed by atoms with van der Waals surface area (Å²) in [6.45, 7) is 7.64. The summed E-state index contributed by atoms with van der Waals surface area (Å²) in [4.78, 5) is 18.6. The molecule has 1 aromatic rings. The minimum Gasteiger partial charge on any atom is -0.394 e. The highest BCUT2D eigenvalue weighted by molar-refractivity contribution is 5.37. The number of aromatic nitrogens is 2. The van der Waals surface area contributed by atoms with Crippen LogP contribution in [0.15, 0.2) is 17.2 Å². The van der Waals surface area contributed by atoms with Crippen molar-refractivity contribution in [3.8, 4) is 0 Å². The average Bonchev–Trinajstić information content (AvgIpc) is 2.39. The molecule has 2 rings (SSSR count). The van der Waals surface area contributed by atoms with Crippen molar-refractivity contribution < 1.29 is 9.84 Å². The summed E-state index contributed by atoms with van der Waals surface area (Å²) < 4.78 is 7.44. The van der Waals surface area contributed by atoms with Gasteiger partial charge >= 0.3 is 0 Å². The first kappa shape index (κ1) is 15.0. The zero-order chi connectivity index (χ0) is 14.8. The van der Waals surface area contributed by atoms with E-state index in [-0.39, 0.29) is 18.3 Å². The third-order valence-corrected chi connectivity index (χ3v) is 3.34. The van der Waals surface area contributed by atoms with Gasteiger partial charge in [-0.2, -0.15) is 0 Å². The number of morpholine rings is 1. The summed E-state index contributed by atoms with van der Waals surface area (Å²) in [5, 5.41) is 9.34. The molecule has 6 nitrogen and oxygen atoms in total. The van der Waals surface area contributed by atoms with E-state index in [4.69, 9.17) is 4.74 Å². The molecule has 1 aliphatic rings. The van der Waals surface area contributed by atoms with Crippen LogP contribution in [0.3, 0.4) is 0 Å². The summed E-state index contributed by atoms with van der Waals surface area (Å²) in [6, 6.07) is 0. The summed E-state index contributed by atoms with van der Waals surface area (Å²) in [5.74, 6) is 0.441. The average molecular weight is 281 g/mol. The van der Waals surface area contributed by atoms with Gasteiger partial charge in [-0.25, -0.2) is 4.98 Å². The molecule has 1 N–H and O–H groups in total. The molecule has 20 heavy (non-hydrogen) atoms. The summed E-state index contributed by atoms with van der Waals surface area (Å²) in [6.07, 6.45) is 3.98. The Bertz CT molecular complexity index is 513. The van der Waals surface area contributed by atoms with E-state index in [1.54, 1.807) is 17.0 Å². The first-order chi connectivity index (χ1) is 9.46. The van der Waals surface area contributed by atoms with Crippen LogP contribution >= 0.6 is 0 Å². The van der Waals surface area contributed by atoms with Gasteiger partial charge in [0.05, 0.1) is 18.3 Å². The molecule has 112 valence electrons. The molecule has 1 saturated heterocycles. The quantitative estimate of drug-likeness (QED) is 0.876. The Morgan fingerprint density at radius 2 is 2.30 bits per heavy atom. The van der Waals surface area contributed by atoms with E-state index < -0.39 is 5.60 Å². The molecule has 1 atom stereocenters. The molecule has 0 saturated carbocycles. The standard InChI is InChI=1S/C14H23N3O3/c1-4-6-16-7-5-15-12(13(16)19)17-8-11(9-18)20-14(2,3)10-17/h5,7,11,18H,4,6,8-10H2,1-3H3. The van der Waals surface area contributed by atoms with E-state index in [0.717, 1.165) is 6.42 Å². The Kier molecular flexibility index (Phi) is 4.45. The topological polar surface area (TPSA) is 67.6 Å². The fourth-order valence-corrected chi connectivity index (χ4v) is 2.62. The van der Waals surface area contributed by atoms with E-state index in [0.29, 0.717) is 25.5 Å². The number of aliphatic hydroxyl groups excluding tert-OH is 1. The van der Waals surface area contributed by atoms with Gasteiger partial charge in [-0.05, 0) is 20.3 Å². The molecular formula is C14H23N3O3. The molecule has 6 heteroatoms. The number of hydrogen-bond acceptors (Lipinski definition) is 5. The van der Waals surface area contributed by atoms with Crippen molar-refractivity contribution in [2.24, 2.45) is 0 Å². The number of aryl methyl sites for hydroxylation is 1. The van der Waals surface area contributed by atoms with Crippen LogP contribution < -0.4 is 10.5 Å². The molecule has 0 amide bonds. The van der Waals surface area contributed by atoms with Crippen LogP contribution in [0, 0.1) is 0 Å². The molecule has 0 spiro atoms. The summed E-state index contributed by atoms with van der Waals surface area (Å²) in [7, 11) is 0. The Morgan fingerprint density at radius 1 is 1.55 bits per heavy atom. The maximum Gasteiger partial charge on any atom is 0.293 e. The van der Waals surface area contributed by atoms with Crippen LogP contribution in [0.5, 0.6) is 0 Å². The number of anilines is 1. The second-order valence-electron chi connectivity index (χ2n) is 5.81. The highest BCUT2D eigenvalue weighted by atomic mass is 16.5. The molecular weight excluding hydrogens is 258 g/mol. The van der Waals surface area contributed by atoms with Crippen LogP contribution in [0.1, 0.15) is 27.2 Å². The molecule has 1 unspecified atom stereocenters. The Hall–Kier alpha value is -1.40. The highest BCUT2D eigenvalue weighted by Gasteiger charge is 2.34. The normalized spacial score (nSPS) is 22.0. The number of ether oxygens (including phenoxy) is 1. The van der Waals surface area contributed by atoms with Gasteiger partial charge in [0.15, 0.2) is 5.82 Å². The first-order valence-electron chi connectivity index (χ1n) is 7.06. The van der Waals surface area contributed by atoms with Crippen LogP contribution in [-0.2, 0) is 11.3 Å². The lowest BCUT2D eigenvalue weighted by atomic mass is 10.1. The van der Waals surface area contributed by atoms with Crippen molar-refractivity contribution in [1.82, 2.24) is 9.55 Å². The molecule has 0 aliphatic carbocycles. The zero-order valence-electron chi connectivity index (χ0n) is 12.4. The number of hydrogen-bond donors (Lipinski definition) is 1. The fraction of sp³-hybridized carbons (Fsp3) is 0.714. The van der Waals surface area contributed by atoms with Gasteiger partial charge < -0.3 is 19.3 Å². The van der Waals surface area contributed by atoms with Crippen LogP contribution in [0.2, 0.25) is 0 Å². The second kappa shape index (κ2) is 5.93. The maximum absolute atomic E-state index is 12.4. The minimum atomic E-state index is -0.412. The van der Waals surface area contributed by atoms with Crippen molar-refractivity contribution in [2.75, 3.05) is 24.6 Å². The van der Waals surface area contributed by atoms with Gasteiger partial charge in [-0.3, -0.25) is 4.79 Å². The van der Waals surface area contributed by atoms with E-state index >= 15 is 0 Å². The van der Waals surface area contributed by atoms with Gasteiger partial charge in [-0.1, -0.05) is 6.92 Å². The summed E-state index contributed by atoms with van der Waals surface area (Å²) >= 11 is 0. The second-order valence-corrected chi connectivity index (χ2v) is 5.81. The monoisotopic (exact) mass is 281 g/mol. The van der Waals surface area contributed by atoms with Crippen LogP contribution in [0.25, 0.3) is 0 Å². The molecule has 0 aromatic carbocycles. The van der Waals surface area contributed by atoms with Crippen LogP contribution in [0.4, 0.5) is 5.82 Å². The van der Waals surface area contributed by atoms with Crippen molar-refractivity contribution >= 4 is 5.82 Å². The van der Waals surface area contributed by atoms with Crippen molar-refractivity contribution in [1.29, 1.82) is 0 Å². The van der Waals surface area contributed by atoms with E-state index in [1.165, 1.54) is 0 Å². The molecule has 1 fully saturated rings. The number of rotatable bonds is 4. The molecule has 2 heterocycles. The van der Waals surface area contributed by atoms with Gasteiger partial charge in [0.2, 0.25) is 0 Å².